The van der Waals surface area contributed by atoms with Gasteiger partial charge in [0.25, 0.3) is 0 Å². The summed E-state index contributed by atoms with van der Waals surface area (Å²) in [6.45, 7) is 4.21. The predicted molar refractivity (Wildman–Crippen MR) is 66.6 cm³/mol. The molecule has 0 radical (unpaired) electrons. The Balaban J connectivity index is 2.12. The molecular weight excluding hydrogens is 200 g/mol. The minimum absolute atomic E-state index is 0.673. The first-order valence-electron chi connectivity index (χ1n) is 6.06. The number of ether oxygens (including phenoxy) is 1. The lowest BCUT2D eigenvalue weighted by atomic mass is 10.2. The first-order valence-corrected chi connectivity index (χ1v) is 6.06. The van der Waals surface area contributed by atoms with Crippen molar-refractivity contribution in [3.05, 3.63) is 23.9 Å². The number of methoxy groups -OCH3 is 1. The average molecular weight is 222 g/mol. The van der Waals surface area contributed by atoms with Crippen LogP contribution in [-0.4, -0.2) is 18.6 Å². The number of hydrogen-bond acceptors (Lipinski definition) is 3. The molecule has 0 aliphatic carbocycles. The van der Waals surface area contributed by atoms with E-state index < -0.39 is 0 Å². The van der Waals surface area contributed by atoms with E-state index in [4.69, 9.17) is 4.74 Å². The fourth-order valence-electron chi connectivity index (χ4n) is 1.55. The molecule has 0 aromatic carbocycles. The molecule has 1 aromatic heterocycles. The van der Waals surface area contributed by atoms with Gasteiger partial charge in [-0.25, -0.2) is 4.98 Å². The highest BCUT2D eigenvalue weighted by Gasteiger charge is 1.95. The van der Waals surface area contributed by atoms with Gasteiger partial charge in [0.05, 0.1) is 7.11 Å². The van der Waals surface area contributed by atoms with Crippen LogP contribution < -0.4 is 10.1 Å². The second kappa shape index (κ2) is 8.11. The molecule has 1 aromatic rings. The van der Waals surface area contributed by atoms with E-state index in [1.165, 1.54) is 31.2 Å². The van der Waals surface area contributed by atoms with Gasteiger partial charge in [0.1, 0.15) is 0 Å². The van der Waals surface area contributed by atoms with Gasteiger partial charge < -0.3 is 10.1 Å². The van der Waals surface area contributed by atoms with Gasteiger partial charge in [-0.15, -0.1) is 0 Å². The second-order valence-electron chi connectivity index (χ2n) is 3.95. The van der Waals surface area contributed by atoms with Crippen molar-refractivity contribution in [1.29, 1.82) is 0 Å². The Morgan fingerprint density at radius 2 is 2.12 bits per heavy atom. The van der Waals surface area contributed by atoms with Crippen molar-refractivity contribution in [3.8, 4) is 5.88 Å². The van der Waals surface area contributed by atoms with Crippen molar-refractivity contribution in [2.75, 3.05) is 13.7 Å². The van der Waals surface area contributed by atoms with E-state index in [1.54, 1.807) is 7.11 Å². The normalized spacial score (nSPS) is 10.4. The molecule has 3 nitrogen and oxygen atoms in total. The number of rotatable bonds is 8. The summed E-state index contributed by atoms with van der Waals surface area (Å²) in [4.78, 5) is 4.16. The van der Waals surface area contributed by atoms with Crippen LogP contribution in [0.15, 0.2) is 18.3 Å². The monoisotopic (exact) mass is 222 g/mol. The Morgan fingerprint density at radius 1 is 1.25 bits per heavy atom. The number of aromatic nitrogens is 1. The maximum atomic E-state index is 5.01. The van der Waals surface area contributed by atoms with Crippen LogP contribution in [-0.2, 0) is 6.54 Å². The van der Waals surface area contributed by atoms with Gasteiger partial charge in [0.15, 0.2) is 0 Å². The van der Waals surface area contributed by atoms with Crippen LogP contribution in [0.2, 0.25) is 0 Å². The molecule has 0 saturated carbocycles. The Hall–Kier alpha value is -1.09. The number of pyridine rings is 1. The Morgan fingerprint density at radius 3 is 2.75 bits per heavy atom. The van der Waals surface area contributed by atoms with Gasteiger partial charge in [0.2, 0.25) is 5.88 Å². The van der Waals surface area contributed by atoms with Crippen molar-refractivity contribution in [1.82, 2.24) is 10.3 Å². The summed E-state index contributed by atoms with van der Waals surface area (Å²) in [5.41, 5.74) is 1.20. The minimum Gasteiger partial charge on any atom is -0.481 e. The van der Waals surface area contributed by atoms with Gasteiger partial charge in [-0.2, -0.15) is 0 Å². The molecule has 0 aliphatic heterocycles. The number of nitrogens with zero attached hydrogens (tertiary/aromatic N) is 1. The second-order valence-corrected chi connectivity index (χ2v) is 3.95. The zero-order valence-electron chi connectivity index (χ0n) is 10.3. The molecule has 0 bridgehead atoms. The van der Waals surface area contributed by atoms with Crippen LogP contribution in [0.3, 0.4) is 0 Å². The average Bonchev–Trinajstić information content (AvgIpc) is 2.34. The van der Waals surface area contributed by atoms with Crippen LogP contribution in [0.5, 0.6) is 5.88 Å². The topological polar surface area (TPSA) is 34.1 Å². The highest BCUT2D eigenvalue weighted by atomic mass is 16.5. The summed E-state index contributed by atoms with van der Waals surface area (Å²) >= 11 is 0. The fourth-order valence-corrected chi connectivity index (χ4v) is 1.55. The third-order valence-corrected chi connectivity index (χ3v) is 2.54. The molecule has 16 heavy (non-hydrogen) atoms. The van der Waals surface area contributed by atoms with E-state index in [2.05, 4.69) is 17.2 Å². The largest absolute Gasteiger partial charge is 0.481 e. The first-order chi connectivity index (χ1) is 7.86. The van der Waals surface area contributed by atoms with E-state index in [-0.39, 0.29) is 0 Å². The Kier molecular flexibility index (Phi) is 6.58. The smallest absolute Gasteiger partial charge is 0.212 e. The van der Waals surface area contributed by atoms with E-state index in [9.17, 15) is 0 Å². The van der Waals surface area contributed by atoms with Crippen LogP contribution in [0.1, 0.15) is 38.2 Å². The molecule has 0 unspecified atom stereocenters. The third-order valence-electron chi connectivity index (χ3n) is 2.54. The van der Waals surface area contributed by atoms with Crippen LogP contribution in [0.4, 0.5) is 0 Å². The zero-order valence-corrected chi connectivity index (χ0v) is 10.3. The molecule has 1 heterocycles. The molecule has 0 aliphatic rings. The molecule has 1 N–H and O–H groups in total. The lowest BCUT2D eigenvalue weighted by Crippen LogP contribution is -2.14. The standard InChI is InChI=1S/C13H22N2O/c1-3-4-5-6-9-14-10-12-7-8-13(16-2)15-11-12/h7-8,11,14H,3-6,9-10H2,1-2H3. The molecule has 0 atom stereocenters. The molecule has 0 spiro atoms. The van der Waals surface area contributed by atoms with Gasteiger partial charge in [-0.3, -0.25) is 0 Å². The van der Waals surface area contributed by atoms with Crippen LogP contribution >= 0.6 is 0 Å². The Labute approximate surface area is 98.2 Å². The summed E-state index contributed by atoms with van der Waals surface area (Å²) in [6, 6.07) is 3.94. The summed E-state index contributed by atoms with van der Waals surface area (Å²) in [7, 11) is 1.63. The van der Waals surface area contributed by atoms with Gasteiger partial charge in [0, 0.05) is 18.8 Å². The lowest BCUT2D eigenvalue weighted by Gasteiger charge is -2.05. The van der Waals surface area contributed by atoms with Gasteiger partial charge in [-0.1, -0.05) is 32.3 Å². The maximum Gasteiger partial charge on any atom is 0.212 e. The summed E-state index contributed by atoms with van der Waals surface area (Å²) in [5, 5.41) is 3.42. The van der Waals surface area contributed by atoms with Gasteiger partial charge in [-0.05, 0) is 18.5 Å². The van der Waals surface area contributed by atoms with Crippen molar-refractivity contribution in [2.45, 2.75) is 39.2 Å². The molecule has 0 saturated heterocycles. The molecule has 3 heteroatoms. The summed E-state index contributed by atoms with van der Waals surface area (Å²) < 4.78 is 5.01. The molecular formula is C13H22N2O. The third kappa shape index (κ3) is 5.12. The van der Waals surface area contributed by atoms with Gasteiger partial charge >= 0.3 is 0 Å². The molecule has 0 amide bonds. The van der Waals surface area contributed by atoms with E-state index in [1.807, 2.05) is 18.3 Å². The highest BCUT2D eigenvalue weighted by molar-refractivity contribution is 5.17. The first kappa shape index (κ1) is 13.0. The van der Waals surface area contributed by atoms with E-state index in [0.29, 0.717) is 5.88 Å². The highest BCUT2D eigenvalue weighted by Crippen LogP contribution is 2.06. The van der Waals surface area contributed by atoms with Crippen molar-refractivity contribution >= 4 is 0 Å². The Bertz CT molecular complexity index is 272. The van der Waals surface area contributed by atoms with E-state index >= 15 is 0 Å². The van der Waals surface area contributed by atoms with Crippen molar-refractivity contribution < 1.29 is 4.74 Å². The zero-order chi connectivity index (χ0) is 11.6. The fraction of sp³-hybridized carbons (Fsp3) is 0.615. The van der Waals surface area contributed by atoms with Crippen molar-refractivity contribution in [3.63, 3.8) is 0 Å². The number of unbranched alkanes of at least 4 members (excludes halogenated alkanes) is 3. The number of nitrogens with one attached hydrogen (secondary N) is 1. The maximum absolute atomic E-state index is 5.01. The SMILES string of the molecule is CCCCCCNCc1ccc(OC)nc1. The molecule has 90 valence electrons. The quantitative estimate of drug-likeness (QED) is 0.687. The summed E-state index contributed by atoms with van der Waals surface area (Å²) in [6.07, 6.45) is 7.08. The molecule has 0 fully saturated rings. The lowest BCUT2D eigenvalue weighted by molar-refractivity contribution is 0.397. The van der Waals surface area contributed by atoms with Crippen LogP contribution in [0.25, 0.3) is 0 Å². The number of hydrogen-bond donors (Lipinski definition) is 1. The summed E-state index contributed by atoms with van der Waals surface area (Å²) in [5.74, 6) is 0.673. The van der Waals surface area contributed by atoms with Crippen molar-refractivity contribution in [2.24, 2.45) is 0 Å². The minimum atomic E-state index is 0.673. The van der Waals surface area contributed by atoms with Crippen LogP contribution in [0, 0.1) is 0 Å². The van der Waals surface area contributed by atoms with E-state index in [0.717, 1.165) is 13.1 Å². The predicted octanol–water partition coefficient (Wildman–Crippen LogP) is 2.76. The molecule has 1 rings (SSSR count).